The van der Waals surface area contributed by atoms with Crippen LogP contribution in [0.15, 0.2) is 0 Å². The van der Waals surface area contributed by atoms with Gasteiger partial charge in [-0.05, 0) is 30.7 Å². The molecule has 3 N–H and O–H groups in total. The molecule has 0 radical (unpaired) electrons. The van der Waals surface area contributed by atoms with Crippen LogP contribution in [0.2, 0.25) is 0 Å². The smallest absolute Gasteiger partial charge is 0.0585 e. The molecule has 1 aliphatic carbocycles. The van der Waals surface area contributed by atoms with E-state index in [-0.39, 0.29) is 12.0 Å². The molecular weight excluding hydrogens is 198 g/mol. The number of hydrogen-bond acceptors (Lipinski definition) is 2. The molecule has 16 heavy (non-hydrogen) atoms. The molecular formula is C14H29NO. The van der Waals surface area contributed by atoms with E-state index in [1.165, 1.54) is 38.5 Å². The molecule has 1 fully saturated rings. The summed E-state index contributed by atoms with van der Waals surface area (Å²) in [5, 5.41) is 10.2. The van der Waals surface area contributed by atoms with Gasteiger partial charge in [0.2, 0.25) is 0 Å². The van der Waals surface area contributed by atoms with E-state index in [0.29, 0.717) is 12.5 Å². The highest BCUT2D eigenvalue weighted by Gasteiger charge is 2.24. The van der Waals surface area contributed by atoms with Crippen LogP contribution in [0.4, 0.5) is 0 Å². The fourth-order valence-corrected chi connectivity index (χ4v) is 2.99. The Morgan fingerprint density at radius 1 is 1.12 bits per heavy atom. The second-order valence-corrected chi connectivity index (χ2v) is 5.80. The summed E-state index contributed by atoms with van der Waals surface area (Å²) in [6, 6.07) is 0. The SMILES string of the molecule is CC(C)C(CN)C(O)CC1CCCCCC1. The Labute approximate surface area is 101 Å². The molecule has 0 aromatic rings. The summed E-state index contributed by atoms with van der Waals surface area (Å²) in [4.78, 5) is 0. The molecule has 2 atom stereocenters. The minimum absolute atomic E-state index is 0.187. The maximum Gasteiger partial charge on any atom is 0.0585 e. The van der Waals surface area contributed by atoms with Crippen molar-refractivity contribution in [3.05, 3.63) is 0 Å². The van der Waals surface area contributed by atoms with Crippen molar-refractivity contribution in [2.75, 3.05) is 6.54 Å². The fourth-order valence-electron chi connectivity index (χ4n) is 2.99. The van der Waals surface area contributed by atoms with Crippen molar-refractivity contribution in [3.8, 4) is 0 Å². The molecule has 2 unspecified atom stereocenters. The van der Waals surface area contributed by atoms with Crippen LogP contribution in [0.25, 0.3) is 0 Å². The van der Waals surface area contributed by atoms with Crippen LogP contribution in [0.5, 0.6) is 0 Å². The van der Waals surface area contributed by atoms with Gasteiger partial charge < -0.3 is 10.8 Å². The van der Waals surface area contributed by atoms with Gasteiger partial charge in [0.25, 0.3) is 0 Å². The zero-order valence-corrected chi connectivity index (χ0v) is 11.0. The number of aliphatic hydroxyl groups excluding tert-OH is 1. The van der Waals surface area contributed by atoms with Gasteiger partial charge in [0.1, 0.15) is 0 Å². The highest BCUT2D eigenvalue weighted by molar-refractivity contribution is 4.77. The molecule has 0 aliphatic heterocycles. The second-order valence-electron chi connectivity index (χ2n) is 5.80. The van der Waals surface area contributed by atoms with Gasteiger partial charge in [-0.2, -0.15) is 0 Å². The fraction of sp³-hybridized carbons (Fsp3) is 1.00. The van der Waals surface area contributed by atoms with E-state index in [4.69, 9.17) is 5.73 Å². The van der Waals surface area contributed by atoms with E-state index in [2.05, 4.69) is 13.8 Å². The molecule has 0 spiro atoms. The van der Waals surface area contributed by atoms with Crippen LogP contribution in [0.3, 0.4) is 0 Å². The molecule has 0 bridgehead atoms. The van der Waals surface area contributed by atoms with Crippen LogP contribution in [0, 0.1) is 17.8 Å². The third-order valence-corrected chi connectivity index (χ3v) is 4.17. The van der Waals surface area contributed by atoms with Crippen LogP contribution in [0.1, 0.15) is 58.8 Å². The number of nitrogens with two attached hydrogens (primary N) is 1. The maximum absolute atomic E-state index is 10.2. The summed E-state index contributed by atoms with van der Waals surface area (Å²) >= 11 is 0. The first-order valence-electron chi connectivity index (χ1n) is 7.03. The van der Waals surface area contributed by atoms with E-state index >= 15 is 0 Å². The summed E-state index contributed by atoms with van der Waals surface area (Å²) in [6.07, 6.45) is 8.89. The van der Waals surface area contributed by atoms with E-state index in [1.807, 2.05) is 0 Å². The van der Waals surface area contributed by atoms with Crippen molar-refractivity contribution in [2.24, 2.45) is 23.5 Å². The molecule has 0 saturated heterocycles. The lowest BCUT2D eigenvalue weighted by Gasteiger charge is -2.28. The Kier molecular flexibility index (Phi) is 6.37. The average Bonchev–Trinajstić information content (AvgIpc) is 2.46. The second kappa shape index (κ2) is 7.29. The number of aliphatic hydroxyl groups is 1. The first-order chi connectivity index (χ1) is 7.65. The van der Waals surface area contributed by atoms with E-state index < -0.39 is 0 Å². The third-order valence-electron chi connectivity index (χ3n) is 4.17. The molecule has 2 heteroatoms. The van der Waals surface area contributed by atoms with Crippen molar-refractivity contribution < 1.29 is 5.11 Å². The standard InChI is InChI=1S/C14H29NO/c1-11(2)13(10-15)14(16)9-12-7-5-3-4-6-8-12/h11-14,16H,3-10,15H2,1-2H3. The predicted octanol–water partition coefficient (Wildman–Crippen LogP) is 2.94. The molecule has 1 aliphatic rings. The minimum atomic E-state index is -0.187. The monoisotopic (exact) mass is 227 g/mol. The Morgan fingerprint density at radius 2 is 1.69 bits per heavy atom. The van der Waals surface area contributed by atoms with Gasteiger partial charge in [-0.1, -0.05) is 52.4 Å². The van der Waals surface area contributed by atoms with Crippen molar-refractivity contribution in [3.63, 3.8) is 0 Å². The molecule has 96 valence electrons. The van der Waals surface area contributed by atoms with Gasteiger partial charge in [0.05, 0.1) is 6.10 Å². The lowest BCUT2D eigenvalue weighted by molar-refractivity contribution is 0.0605. The third kappa shape index (κ3) is 4.42. The summed E-state index contributed by atoms with van der Waals surface area (Å²) in [5.74, 6) is 1.51. The topological polar surface area (TPSA) is 46.2 Å². The normalized spacial score (nSPS) is 23.1. The Hall–Kier alpha value is -0.0800. The van der Waals surface area contributed by atoms with Gasteiger partial charge in [-0.15, -0.1) is 0 Å². The zero-order chi connectivity index (χ0) is 12.0. The predicted molar refractivity (Wildman–Crippen MR) is 69.2 cm³/mol. The van der Waals surface area contributed by atoms with Gasteiger partial charge in [0, 0.05) is 0 Å². The number of rotatable bonds is 5. The lowest BCUT2D eigenvalue weighted by atomic mass is 9.83. The highest BCUT2D eigenvalue weighted by atomic mass is 16.3. The van der Waals surface area contributed by atoms with E-state index in [1.54, 1.807) is 0 Å². The van der Waals surface area contributed by atoms with Gasteiger partial charge in [-0.25, -0.2) is 0 Å². The minimum Gasteiger partial charge on any atom is -0.393 e. The Balaban J connectivity index is 2.38. The van der Waals surface area contributed by atoms with Crippen molar-refractivity contribution in [2.45, 2.75) is 64.9 Å². The number of hydrogen-bond donors (Lipinski definition) is 2. The zero-order valence-electron chi connectivity index (χ0n) is 11.0. The highest BCUT2D eigenvalue weighted by Crippen LogP contribution is 2.29. The largest absolute Gasteiger partial charge is 0.393 e. The Bertz CT molecular complexity index is 174. The first kappa shape index (κ1) is 14.0. The van der Waals surface area contributed by atoms with Crippen molar-refractivity contribution in [1.82, 2.24) is 0 Å². The quantitative estimate of drug-likeness (QED) is 0.709. The van der Waals surface area contributed by atoms with Crippen LogP contribution >= 0.6 is 0 Å². The summed E-state index contributed by atoms with van der Waals surface area (Å²) in [7, 11) is 0. The van der Waals surface area contributed by atoms with Gasteiger partial charge in [-0.3, -0.25) is 0 Å². The molecule has 1 rings (SSSR count). The van der Waals surface area contributed by atoms with Gasteiger partial charge >= 0.3 is 0 Å². The van der Waals surface area contributed by atoms with Crippen molar-refractivity contribution >= 4 is 0 Å². The maximum atomic E-state index is 10.2. The molecule has 0 aromatic carbocycles. The van der Waals surface area contributed by atoms with E-state index in [0.717, 1.165) is 12.3 Å². The Morgan fingerprint density at radius 3 is 2.12 bits per heavy atom. The molecule has 0 heterocycles. The van der Waals surface area contributed by atoms with Gasteiger partial charge in [0.15, 0.2) is 0 Å². The average molecular weight is 227 g/mol. The lowest BCUT2D eigenvalue weighted by Crippen LogP contribution is -2.33. The molecule has 0 amide bonds. The van der Waals surface area contributed by atoms with Crippen LogP contribution in [-0.2, 0) is 0 Å². The van der Waals surface area contributed by atoms with Crippen LogP contribution < -0.4 is 5.73 Å². The first-order valence-corrected chi connectivity index (χ1v) is 7.03. The molecule has 2 nitrogen and oxygen atoms in total. The summed E-state index contributed by atoms with van der Waals surface area (Å²) < 4.78 is 0. The summed E-state index contributed by atoms with van der Waals surface area (Å²) in [5.41, 5.74) is 5.75. The van der Waals surface area contributed by atoms with E-state index in [9.17, 15) is 5.11 Å². The molecule has 1 saturated carbocycles. The van der Waals surface area contributed by atoms with Crippen molar-refractivity contribution in [1.29, 1.82) is 0 Å². The molecule has 0 aromatic heterocycles. The summed E-state index contributed by atoms with van der Waals surface area (Å²) in [6.45, 7) is 4.94. The van der Waals surface area contributed by atoms with Crippen LogP contribution in [-0.4, -0.2) is 17.8 Å².